The number of nitrogens with two attached hydrogens (primary N) is 1. The van der Waals surface area contributed by atoms with E-state index in [0.717, 1.165) is 30.9 Å². The van der Waals surface area contributed by atoms with Crippen LogP contribution in [-0.2, 0) is 4.74 Å². The topological polar surface area (TPSA) is 47.3 Å². The first-order valence-electron chi connectivity index (χ1n) is 5.56. The van der Waals surface area contributed by atoms with Crippen LogP contribution in [0.5, 0.6) is 0 Å². The molecule has 0 aromatic heterocycles. The van der Waals surface area contributed by atoms with Crippen LogP contribution in [0, 0.1) is 0 Å². The van der Waals surface area contributed by atoms with Crippen molar-refractivity contribution in [1.82, 2.24) is 0 Å². The molecule has 1 aromatic rings. The second kappa shape index (κ2) is 5.03. The molecule has 0 amide bonds. The predicted octanol–water partition coefficient (Wildman–Crippen LogP) is 2.25. The molecule has 0 saturated carbocycles. The molecule has 3 heteroatoms. The van der Waals surface area contributed by atoms with Crippen LogP contribution in [0.25, 0.3) is 0 Å². The molecule has 0 aliphatic carbocycles. The van der Waals surface area contributed by atoms with Gasteiger partial charge < -0.3 is 15.8 Å². The van der Waals surface area contributed by atoms with E-state index in [1.54, 1.807) is 0 Å². The average Bonchev–Trinajstić information content (AvgIpc) is 2.74. The number of ether oxygens (including phenoxy) is 1. The van der Waals surface area contributed by atoms with Crippen LogP contribution < -0.4 is 11.1 Å². The molecular weight excluding hydrogens is 188 g/mol. The van der Waals surface area contributed by atoms with E-state index in [-0.39, 0.29) is 0 Å². The lowest BCUT2D eigenvalue weighted by atomic mass is 10.2. The largest absolute Gasteiger partial charge is 0.397 e. The van der Waals surface area contributed by atoms with Crippen LogP contribution in [0.4, 0.5) is 11.4 Å². The number of anilines is 2. The Balaban J connectivity index is 1.75. The van der Waals surface area contributed by atoms with Gasteiger partial charge in [-0.1, -0.05) is 12.1 Å². The van der Waals surface area contributed by atoms with Gasteiger partial charge in [0, 0.05) is 13.2 Å². The summed E-state index contributed by atoms with van der Waals surface area (Å²) >= 11 is 0. The van der Waals surface area contributed by atoms with Crippen molar-refractivity contribution in [3.05, 3.63) is 24.3 Å². The first-order valence-corrected chi connectivity index (χ1v) is 5.56. The average molecular weight is 206 g/mol. The number of benzene rings is 1. The standard InChI is InChI=1S/C12H18N2O/c13-11-5-1-2-6-12(11)14-8-7-10-4-3-9-15-10/h1-2,5-6,10,14H,3-4,7-9,13H2. The summed E-state index contributed by atoms with van der Waals surface area (Å²) in [6.07, 6.45) is 3.92. The summed E-state index contributed by atoms with van der Waals surface area (Å²) in [6.45, 7) is 1.86. The highest BCUT2D eigenvalue weighted by molar-refractivity contribution is 5.65. The highest BCUT2D eigenvalue weighted by Gasteiger charge is 2.14. The third kappa shape index (κ3) is 2.86. The smallest absolute Gasteiger partial charge is 0.0592 e. The zero-order chi connectivity index (χ0) is 10.5. The Kier molecular flexibility index (Phi) is 3.45. The second-order valence-electron chi connectivity index (χ2n) is 3.94. The summed E-state index contributed by atoms with van der Waals surface area (Å²) in [4.78, 5) is 0. The molecule has 1 aliphatic heterocycles. The Bertz CT molecular complexity index is 308. The summed E-state index contributed by atoms with van der Waals surface area (Å²) < 4.78 is 5.55. The zero-order valence-electron chi connectivity index (χ0n) is 8.91. The van der Waals surface area contributed by atoms with Crippen molar-refractivity contribution in [2.24, 2.45) is 0 Å². The van der Waals surface area contributed by atoms with Gasteiger partial charge in [0.25, 0.3) is 0 Å². The predicted molar refractivity (Wildman–Crippen MR) is 62.9 cm³/mol. The van der Waals surface area contributed by atoms with E-state index in [1.807, 2.05) is 24.3 Å². The Morgan fingerprint density at radius 1 is 1.40 bits per heavy atom. The van der Waals surface area contributed by atoms with Gasteiger partial charge in [-0.2, -0.15) is 0 Å². The molecule has 1 saturated heterocycles. The van der Waals surface area contributed by atoms with E-state index < -0.39 is 0 Å². The van der Waals surface area contributed by atoms with Crippen LogP contribution in [0.15, 0.2) is 24.3 Å². The third-order valence-electron chi connectivity index (χ3n) is 2.77. The van der Waals surface area contributed by atoms with Crippen LogP contribution in [0.2, 0.25) is 0 Å². The number of rotatable bonds is 4. The minimum absolute atomic E-state index is 0.447. The molecule has 3 nitrogen and oxygen atoms in total. The number of para-hydroxylation sites is 2. The quantitative estimate of drug-likeness (QED) is 0.743. The highest BCUT2D eigenvalue weighted by atomic mass is 16.5. The minimum Gasteiger partial charge on any atom is -0.397 e. The highest BCUT2D eigenvalue weighted by Crippen LogP contribution is 2.18. The summed E-state index contributed by atoms with van der Waals surface area (Å²) in [5, 5.41) is 3.33. The molecule has 2 rings (SSSR count). The zero-order valence-corrected chi connectivity index (χ0v) is 8.91. The number of hydrogen-bond donors (Lipinski definition) is 2. The normalized spacial score (nSPS) is 20.4. The molecular formula is C12H18N2O. The first-order chi connectivity index (χ1) is 7.36. The van der Waals surface area contributed by atoms with Gasteiger partial charge in [-0.3, -0.25) is 0 Å². The molecule has 1 fully saturated rings. The molecule has 1 unspecified atom stereocenters. The summed E-state index contributed by atoms with van der Waals surface area (Å²) in [6, 6.07) is 7.85. The number of hydrogen-bond acceptors (Lipinski definition) is 3. The van der Waals surface area contributed by atoms with Gasteiger partial charge in [-0.05, 0) is 31.4 Å². The van der Waals surface area contributed by atoms with Crippen LogP contribution in [0.3, 0.4) is 0 Å². The van der Waals surface area contributed by atoms with E-state index in [0.29, 0.717) is 6.10 Å². The molecule has 0 spiro atoms. The lowest BCUT2D eigenvalue weighted by molar-refractivity contribution is 0.107. The van der Waals surface area contributed by atoms with E-state index in [2.05, 4.69) is 5.32 Å². The van der Waals surface area contributed by atoms with Crippen molar-refractivity contribution < 1.29 is 4.74 Å². The monoisotopic (exact) mass is 206 g/mol. The second-order valence-corrected chi connectivity index (χ2v) is 3.94. The molecule has 0 bridgehead atoms. The Labute approximate surface area is 90.6 Å². The maximum Gasteiger partial charge on any atom is 0.0592 e. The van der Waals surface area contributed by atoms with Gasteiger partial charge >= 0.3 is 0 Å². The molecule has 3 N–H and O–H groups in total. The molecule has 1 heterocycles. The fourth-order valence-electron chi connectivity index (χ4n) is 1.90. The van der Waals surface area contributed by atoms with Gasteiger partial charge in [-0.25, -0.2) is 0 Å². The number of nitrogen functional groups attached to an aromatic ring is 1. The fourth-order valence-corrected chi connectivity index (χ4v) is 1.90. The summed E-state index contributed by atoms with van der Waals surface area (Å²) in [7, 11) is 0. The number of nitrogens with one attached hydrogen (secondary N) is 1. The molecule has 1 aromatic carbocycles. The van der Waals surface area contributed by atoms with E-state index >= 15 is 0 Å². The van der Waals surface area contributed by atoms with Crippen molar-refractivity contribution in [3.63, 3.8) is 0 Å². The van der Waals surface area contributed by atoms with Crippen LogP contribution in [-0.4, -0.2) is 19.3 Å². The van der Waals surface area contributed by atoms with Crippen LogP contribution in [0.1, 0.15) is 19.3 Å². The van der Waals surface area contributed by atoms with Crippen molar-refractivity contribution in [2.75, 3.05) is 24.2 Å². The van der Waals surface area contributed by atoms with Crippen LogP contribution >= 0.6 is 0 Å². The fraction of sp³-hybridized carbons (Fsp3) is 0.500. The van der Waals surface area contributed by atoms with Gasteiger partial charge in [-0.15, -0.1) is 0 Å². The van der Waals surface area contributed by atoms with E-state index in [4.69, 9.17) is 10.5 Å². The first kappa shape index (κ1) is 10.3. The molecule has 1 aliphatic rings. The van der Waals surface area contributed by atoms with Crippen molar-refractivity contribution in [1.29, 1.82) is 0 Å². The SMILES string of the molecule is Nc1ccccc1NCCC1CCCO1. The summed E-state index contributed by atoms with van der Waals surface area (Å²) in [5.74, 6) is 0. The van der Waals surface area contributed by atoms with Gasteiger partial charge in [0.1, 0.15) is 0 Å². The third-order valence-corrected chi connectivity index (χ3v) is 2.77. The van der Waals surface area contributed by atoms with Crippen molar-refractivity contribution >= 4 is 11.4 Å². The Hall–Kier alpha value is -1.22. The lowest BCUT2D eigenvalue weighted by Crippen LogP contribution is -2.13. The molecule has 82 valence electrons. The van der Waals surface area contributed by atoms with E-state index in [9.17, 15) is 0 Å². The Morgan fingerprint density at radius 3 is 3.00 bits per heavy atom. The maximum atomic E-state index is 5.82. The van der Waals surface area contributed by atoms with Gasteiger partial charge in [0.15, 0.2) is 0 Å². The van der Waals surface area contributed by atoms with E-state index in [1.165, 1.54) is 12.8 Å². The molecule has 0 radical (unpaired) electrons. The van der Waals surface area contributed by atoms with Crippen molar-refractivity contribution in [3.8, 4) is 0 Å². The van der Waals surface area contributed by atoms with Gasteiger partial charge in [0.05, 0.1) is 17.5 Å². The van der Waals surface area contributed by atoms with Crippen molar-refractivity contribution in [2.45, 2.75) is 25.4 Å². The minimum atomic E-state index is 0.447. The van der Waals surface area contributed by atoms with Gasteiger partial charge in [0.2, 0.25) is 0 Å². The maximum absolute atomic E-state index is 5.82. The molecule has 15 heavy (non-hydrogen) atoms. The lowest BCUT2D eigenvalue weighted by Gasteiger charge is -2.12. The summed E-state index contributed by atoms with van der Waals surface area (Å²) in [5.41, 5.74) is 7.65. The molecule has 1 atom stereocenters. The Morgan fingerprint density at radius 2 is 2.27 bits per heavy atom.